The molecule has 5 heteroatoms. The van der Waals surface area contributed by atoms with Gasteiger partial charge in [-0.3, -0.25) is 0 Å². The number of nitrogens with zero attached hydrogens (tertiary/aromatic N) is 1. The highest BCUT2D eigenvalue weighted by Gasteiger charge is 2.12. The van der Waals surface area contributed by atoms with Gasteiger partial charge in [-0.15, -0.1) is 0 Å². The van der Waals surface area contributed by atoms with E-state index in [-0.39, 0.29) is 5.75 Å². The summed E-state index contributed by atoms with van der Waals surface area (Å²) in [5.74, 6) is 0.620. The molecule has 0 bridgehead atoms. The van der Waals surface area contributed by atoms with Crippen molar-refractivity contribution in [2.45, 2.75) is 25.8 Å². The van der Waals surface area contributed by atoms with Crippen molar-refractivity contribution in [3.8, 4) is 11.5 Å². The zero-order chi connectivity index (χ0) is 21.9. The highest BCUT2D eigenvalue weighted by Crippen LogP contribution is 2.27. The summed E-state index contributed by atoms with van der Waals surface area (Å²) in [6.45, 7) is 2.29. The minimum absolute atomic E-state index is 0.144. The number of methoxy groups -OCH3 is 1. The number of ether oxygens (including phenoxy) is 1. The summed E-state index contributed by atoms with van der Waals surface area (Å²) in [6.07, 6.45) is 2.93. The van der Waals surface area contributed by atoms with Crippen LogP contribution in [0.5, 0.6) is 11.5 Å². The summed E-state index contributed by atoms with van der Waals surface area (Å²) in [4.78, 5) is 2.19. The molecule has 3 rings (SSSR count). The monoisotopic (exact) mass is 434 g/mol. The van der Waals surface area contributed by atoms with Crippen LogP contribution in [-0.2, 0) is 19.4 Å². The smallest absolute Gasteiger partial charge is 0.169 e. The second kappa shape index (κ2) is 12.0. The summed E-state index contributed by atoms with van der Waals surface area (Å²) in [7, 11) is 1.56. The molecule has 0 aliphatic heterocycles. The molecule has 0 saturated heterocycles. The first-order valence-electron chi connectivity index (χ1n) is 10.6. The van der Waals surface area contributed by atoms with E-state index in [0.717, 1.165) is 43.0 Å². The second-order valence-electron chi connectivity index (χ2n) is 7.48. The molecule has 0 aliphatic carbocycles. The van der Waals surface area contributed by atoms with Gasteiger partial charge in [0.25, 0.3) is 0 Å². The Balaban J connectivity index is 1.61. The Morgan fingerprint density at radius 2 is 1.55 bits per heavy atom. The standard InChI is InChI=1S/C26H30N2O2S/c1-30-25-19-23(14-15-24(25)29)20-28(18-8-13-21-9-4-2-5-10-21)26(31)27-17-16-22-11-6-3-7-12-22/h2-7,9-12,14-15,19,29H,8,13,16-18,20H2,1H3,(H,27,31). The van der Waals surface area contributed by atoms with Gasteiger partial charge in [-0.2, -0.15) is 0 Å². The topological polar surface area (TPSA) is 44.7 Å². The maximum absolute atomic E-state index is 9.89. The van der Waals surface area contributed by atoms with Crippen molar-refractivity contribution in [2.24, 2.45) is 0 Å². The molecule has 162 valence electrons. The van der Waals surface area contributed by atoms with Crippen molar-refractivity contribution in [1.29, 1.82) is 0 Å². The predicted molar refractivity (Wildman–Crippen MR) is 131 cm³/mol. The van der Waals surface area contributed by atoms with Crippen LogP contribution < -0.4 is 10.1 Å². The number of hydrogen-bond donors (Lipinski definition) is 2. The maximum atomic E-state index is 9.89. The first-order valence-corrected chi connectivity index (χ1v) is 11.0. The predicted octanol–water partition coefficient (Wildman–Crippen LogP) is 4.95. The van der Waals surface area contributed by atoms with Crippen LogP contribution in [0.25, 0.3) is 0 Å². The van der Waals surface area contributed by atoms with Crippen LogP contribution in [0, 0.1) is 0 Å². The lowest BCUT2D eigenvalue weighted by Gasteiger charge is -2.26. The quantitative estimate of drug-likeness (QED) is 0.442. The summed E-state index contributed by atoms with van der Waals surface area (Å²) in [5.41, 5.74) is 3.66. The van der Waals surface area contributed by atoms with Crippen molar-refractivity contribution in [1.82, 2.24) is 10.2 Å². The van der Waals surface area contributed by atoms with E-state index >= 15 is 0 Å². The molecule has 0 aromatic heterocycles. The lowest BCUT2D eigenvalue weighted by atomic mass is 10.1. The molecule has 0 fully saturated rings. The van der Waals surface area contributed by atoms with Gasteiger partial charge in [-0.05, 0) is 60.3 Å². The van der Waals surface area contributed by atoms with Gasteiger partial charge in [-0.25, -0.2) is 0 Å². The van der Waals surface area contributed by atoms with Crippen molar-refractivity contribution in [3.63, 3.8) is 0 Å². The Hall–Kier alpha value is -3.05. The Morgan fingerprint density at radius 3 is 2.19 bits per heavy atom. The van der Waals surface area contributed by atoms with Gasteiger partial charge < -0.3 is 20.1 Å². The van der Waals surface area contributed by atoms with Gasteiger partial charge in [0.2, 0.25) is 0 Å². The summed E-state index contributed by atoms with van der Waals surface area (Å²) in [5, 5.41) is 14.1. The van der Waals surface area contributed by atoms with Gasteiger partial charge in [0.15, 0.2) is 16.6 Å². The third-order valence-corrected chi connectivity index (χ3v) is 5.58. The van der Waals surface area contributed by atoms with Crippen LogP contribution in [0.2, 0.25) is 0 Å². The molecule has 0 radical (unpaired) electrons. The zero-order valence-corrected chi connectivity index (χ0v) is 18.8. The summed E-state index contributed by atoms with van der Waals surface area (Å²) < 4.78 is 5.26. The highest BCUT2D eigenvalue weighted by atomic mass is 32.1. The Labute approximate surface area is 190 Å². The average Bonchev–Trinajstić information content (AvgIpc) is 2.81. The van der Waals surface area contributed by atoms with Gasteiger partial charge in [0.05, 0.1) is 7.11 Å². The van der Waals surface area contributed by atoms with Gasteiger partial charge in [-0.1, -0.05) is 66.7 Å². The van der Waals surface area contributed by atoms with Crippen molar-refractivity contribution in [3.05, 3.63) is 95.6 Å². The molecule has 0 heterocycles. The molecule has 0 atom stereocenters. The van der Waals surface area contributed by atoms with E-state index in [4.69, 9.17) is 17.0 Å². The molecule has 4 nitrogen and oxygen atoms in total. The largest absolute Gasteiger partial charge is 0.504 e. The van der Waals surface area contributed by atoms with E-state index in [1.54, 1.807) is 13.2 Å². The minimum atomic E-state index is 0.144. The maximum Gasteiger partial charge on any atom is 0.169 e. The van der Waals surface area contributed by atoms with Crippen LogP contribution >= 0.6 is 12.2 Å². The minimum Gasteiger partial charge on any atom is -0.504 e. The van der Waals surface area contributed by atoms with Gasteiger partial charge >= 0.3 is 0 Å². The van der Waals surface area contributed by atoms with E-state index in [0.29, 0.717) is 12.3 Å². The lowest BCUT2D eigenvalue weighted by molar-refractivity contribution is 0.368. The number of thiocarbonyl (C=S) groups is 1. The molecule has 0 amide bonds. The molecule has 2 N–H and O–H groups in total. The molecule has 3 aromatic rings. The molecule has 31 heavy (non-hydrogen) atoms. The summed E-state index contributed by atoms with van der Waals surface area (Å²) in [6, 6.07) is 26.4. The van der Waals surface area contributed by atoms with Crippen molar-refractivity contribution >= 4 is 17.3 Å². The number of benzene rings is 3. The number of rotatable bonds is 10. The SMILES string of the molecule is COc1cc(CN(CCCc2ccccc2)C(=S)NCCc2ccccc2)ccc1O. The van der Waals surface area contributed by atoms with E-state index in [2.05, 4.69) is 58.7 Å². The van der Waals surface area contributed by atoms with Crippen LogP contribution in [0.3, 0.4) is 0 Å². The fourth-order valence-electron chi connectivity index (χ4n) is 3.48. The highest BCUT2D eigenvalue weighted by molar-refractivity contribution is 7.80. The van der Waals surface area contributed by atoms with Gasteiger partial charge in [0.1, 0.15) is 0 Å². The van der Waals surface area contributed by atoms with Crippen LogP contribution in [0.1, 0.15) is 23.1 Å². The zero-order valence-electron chi connectivity index (χ0n) is 18.0. The lowest BCUT2D eigenvalue weighted by Crippen LogP contribution is -2.40. The Morgan fingerprint density at radius 1 is 0.903 bits per heavy atom. The first kappa shape index (κ1) is 22.6. The molecule has 0 saturated carbocycles. The van der Waals surface area contributed by atoms with Crippen LogP contribution in [-0.4, -0.2) is 35.3 Å². The fraction of sp³-hybridized carbons (Fsp3) is 0.269. The third-order valence-electron chi connectivity index (χ3n) is 5.17. The Kier molecular flexibility index (Phi) is 8.73. The number of hydrogen-bond acceptors (Lipinski definition) is 3. The number of nitrogens with one attached hydrogen (secondary N) is 1. The first-order chi connectivity index (χ1) is 15.2. The van der Waals surface area contributed by atoms with E-state index in [1.807, 2.05) is 24.3 Å². The molecule has 3 aromatic carbocycles. The van der Waals surface area contributed by atoms with Crippen LogP contribution in [0.4, 0.5) is 0 Å². The molecular formula is C26H30N2O2S. The number of phenols is 1. The molecule has 0 spiro atoms. The van der Waals surface area contributed by atoms with Crippen LogP contribution in [0.15, 0.2) is 78.9 Å². The normalized spacial score (nSPS) is 10.5. The van der Waals surface area contributed by atoms with Crippen molar-refractivity contribution < 1.29 is 9.84 Å². The second-order valence-corrected chi connectivity index (χ2v) is 7.87. The molecule has 0 unspecified atom stereocenters. The van der Waals surface area contributed by atoms with Crippen molar-refractivity contribution in [2.75, 3.05) is 20.2 Å². The fourth-order valence-corrected chi connectivity index (χ4v) is 3.74. The van der Waals surface area contributed by atoms with E-state index in [1.165, 1.54) is 11.1 Å². The van der Waals surface area contributed by atoms with E-state index in [9.17, 15) is 5.11 Å². The number of aryl methyl sites for hydroxylation is 1. The summed E-state index contributed by atoms with van der Waals surface area (Å²) >= 11 is 5.74. The molecular weight excluding hydrogens is 404 g/mol. The average molecular weight is 435 g/mol. The Bertz CT molecular complexity index is 948. The number of phenolic OH excluding ortho intramolecular Hbond substituents is 1. The van der Waals surface area contributed by atoms with E-state index < -0.39 is 0 Å². The number of aromatic hydroxyl groups is 1. The third kappa shape index (κ3) is 7.30. The van der Waals surface area contributed by atoms with Gasteiger partial charge in [0, 0.05) is 19.6 Å². The molecule has 0 aliphatic rings.